The Bertz CT molecular complexity index is 756. The number of nitrogens with zero attached hydrogens (tertiary/aromatic N) is 2. The molecule has 0 bridgehead atoms. The van der Waals surface area contributed by atoms with Gasteiger partial charge in [0.25, 0.3) is 11.1 Å². The minimum absolute atomic E-state index is 0.0959. The lowest BCUT2D eigenvalue weighted by molar-refractivity contribution is -0.115. The van der Waals surface area contributed by atoms with Crippen molar-refractivity contribution in [2.75, 3.05) is 5.32 Å². The summed E-state index contributed by atoms with van der Waals surface area (Å²) in [5, 5.41) is 10.8. The van der Waals surface area contributed by atoms with Gasteiger partial charge >= 0.3 is 0 Å². The van der Waals surface area contributed by atoms with Crippen LogP contribution < -0.4 is 5.32 Å². The number of furan rings is 1. The van der Waals surface area contributed by atoms with E-state index < -0.39 is 0 Å². The quantitative estimate of drug-likeness (QED) is 0.692. The van der Waals surface area contributed by atoms with Gasteiger partial charge in [-0.3, -0.25) is 4.79 Å². The van der Waals surface area contributed by atoms with Crippen LogP contribution >= 0.6 is 11.8 Å². The first kappa shape index (κ1) is 15.4. The normalized spacial score (nSPS) is 12.0. The molecule has 0 saturated heterocycles. The average Bonchev–Trinajstić information content (AvgIpc) is 3.24. The van der Waals surface area contributed by atoms with E-state index in [4.69, 9.17) is 8.83 Å². The fourth-order valence-corrected chi connectivity index (χ4v) is 2.74. The molecule has 1 N–H and O–H groups in total. The van der Waals surface area contributed by atoms with Crippen LogP contribution in [0.2, 0.25) is 0 Å². The third kappa shape index (κ3) is 3.81. The van der Waals surface area contributed by atoms with Gasteiger partial charge in [-0.25, -0.2) is 0 Å². The number of amides is 1. The lowest BCUT2D eigenvalue weighted by Gasteiger charge is -2.12. The first-order chi connectivity index (χ1) is 11.3. The van der Waals surface area contributed by atoms with Gasteiger partial charge in [0.1, 0.15) is 0 Å². The Hall–Kier alpha value is -2.54. The highest BCUT2D eigenvalue weighted by Gasteiger charge is 2.22. The molecule has 0 saturated carbocycles. The molecule has 0 fully saturated rings. The summed E-state index contributed by atoms with van der Waals surface area (Å²) < 4.78 is 10.7. The van der Waals surface area contributed by atoms with Crippen LogP contribution in [0.25, 0.3) is 11.7 Å². The summed E-state index contributed by atoms with van der Waals surface area (Å²) in [7, 11) is 0. The topological polar surface area (TPSA) is 81.2 Å². The fraction of sp³-hybridized carbons (Fsp3) is 0.188. The lowest BCUT2D eigenvalue weighted by atomic mass is 10.3. The van der Waals surface area contributed by atoms with Gasteiger partial charge in [0, 0.05) is 5.69 Å². The van der Waals surface area contributed by atoms with Crippen molar-refractivity contribution in [3.8, 4) is 11.7 Å². The number of nitrogens with one attached hydrogen (secondary N) is 1. The molecule has 1 amide bonds. The number of hydrogen-bond donors (Lipinski definition) is 1. The summed E-state index contributed by atoms with van der Waals surface area (Å²) in [5.41, 5.74) is 0.762. The molecule has 3 rings (SSSR count). The first-order valence-corrected chi connectivity index (χ1v) is 8.04. The Labute approximate surface area is 137 Å². The maximum atomic E-state index is 12.3. The van der Waals surface area contributed by atoms with Crippen molar-refractivity contribution < 1.29 is 13.6 Å². The molecule has 7 heteroatoms. The van der Waals surface area contributed by atoms with Gasteiger partial charge in [-0.05, 0) is 30.7 Å². The highest BCUT2D eigenvalue weighted by atomic mass is 32.2. The average molecular weight is 329 g/mol. The van der Waals surface area contributed by atoms with Crippen LogP contribution in [0.15, 0.2) is 62.8 Å². The van der Waals surface area contributed by atoms with Crippen molar-refractivity contribution in [1.82, 2.24) is 10.2 Å². The van der Waals surface area contributed by atoms with Crippen molar-refractivity contribution >= 4 is 23.4 Å². The molecule has 118 valence electrons. The van der Waals surface area contributed by atoms with Gasteiger partial charge < -0.3 is 14.2 Å². The minimum Gasteiger partial charge on any atom is -0.459 e. The Balaban J connectivity index is 1.66. The van der Waals surface area contributed by atoms with E-state index in [9.17, 15) is 4.79 Å². The van der Waals surface area contributed by atoms with E-state index in [0.717, 1.165) is 5.69 Å². The Morgan fingerprint density at radius 2 is 2.04 bits per heavy atom. The molecule has 3 aromatic rings. The van der Waals surface area contributed by atoms with Crippen molar-refractivity contribution in [2.24, 2.45) is 0 Å². The zero-order valence-electron chi connectivity index (χ0n) is 12.4. The van der Waals surface area contributed by atoms with Crippen molar-refractivity contribution in [3.05, 3.63) is 48.7 Å². The Kier molecular flexibility index (Phi) is 4.77. The molecule has 23 heavy (non-hydrogen) atoms. The van der Waals surface area contributed by atoms with Crippen LogP contribution in [0.4, 0.5) is 5.69 Å². The number of para-hydroxylation sites is 1. The summed E-state index contributed by atoms with van der Waals surface area (Å²) in [5.74, 6) is 0.711. The van der Waals surface area contributed by atoms with Crippen LogP contribution in [0.5, 0.6) is 0 Å². The van der Waals surface area contributed by atoms with Gasteiger partial charge in [-0.15, -0.1) is 10.2 Å². The summed E-state index contributed by atoms with van der Waals surface area (Å²) in [6, 6.07) is 12.8. The molecular formula is C16H15N3O3S. The van der Waals surface area contributed by atoms with Crippen LogP contribution in [0.1, 0.15) is 13.3 Å². The number of carbonyl (C=O) groups is 1. The molecule has 1 unspecified atom stereocenters. The zero-order chi connectivity index (χ0) is 16.1. The van der Waals surface area contributed by atoms with Gasteiger partial charge in [-0.2, -0.15) is 0 Å². The number of benzene rings is 1. The highest BCUT2D eigenvalue weighted by Crippen LogP contribution is 2.28. The molecule has 0 aliphatic rings. The second kappa shape index (κ2) is 7.15. The maximum absolute atomic E-state index is 12.3. The van der Waals surface area contributed by atoms with Crippen LogP contribution in [0.3, 0.4) is 0 Å². The maximum Gasteiger partial charge on any atom is 0.284 e. The van der Waals surface area contributed by atoms with E-state index in [-0.39, 0.29) is 11.2 Å². The van der Waals surface area contributed by atoms with Gasteiger partial charge in [0.2, 0.25) is 5.91 Å². The zero-order valence-corrected chi connectivity index (χ0v) is 13.2. The van der Waals surface area contributed by atoms with Crippen LogP contribution in [0, 0.1) is 0 Å². The smallest absolute Gasteiger partial charge is 0.284 e. The molecule has 0 aliphatic carbocycles. The van der Waals surface area contributed by atoms with Gasteiger partial charge in [-0.1, -0.05) is 36.9 Å². The SMILES string of the molecule is CCC(Sc1nnc(-c2ccco2)o1)C(=O)Nc1ccccc1. The molecule has 0 spiro atoms. The number of aromatic nitrogens is 2. The van der Waals surface area contributed by atoms with Gasteiger partial charge in [0.05, 0.1) is 11.5 Å². The van der Waals surface area contributed by atoms with E-state index in [1.54, 1.807) is 12.1 Å². The molecule has 0 aliphatic heterocycles. The number of rotatable bonds is 6. The molecule has 1 atom stereocenters. The number of anilines is 1. The number of carbonyl (C=O) groups excluding carboxylic acids is 1. The van der Waals surface area contributed by atoms with Gasteiger partial charge in [0.15, 0.2) is 5.76 Å². The predicted octanol–water partition coefficient (Wildman–Crippen LogP) is 3.84. The molecule has 1 aromatic carbocycles. The minimum atomic E-state index is -0.319. The largest absolute Gasteiger partial charge is 0.459 e. The fourth-order valence-electron chi connectivity index (χ4n) is 1.95. The van der Waals surface area contributed by atoms with E-state index in [2.05, 4.69) is 15.5 Å². The van der Waals surface area contributed by atoms with Crippen LogP contribution in [-0.4, -0.2) is 21.4 Å². The van der Waals surface area contributed by atoms with Crippen molar-refractivity contribution in [2.45, 2.75) is 23.8 Å². The lowest BCUT2D eigenvalue weighted by Crippen LogP contribution is -2.24. The van der Waals surface area contributed by atoms with E-state index >= 15 is 0 Å². The third-order valence-electron chi connectivity index (χ3n) is 3.09. The predicted molar refractivity (Wildman–Crippen MR) is 87.0 cm³/mol. The number of thioether (sulfide) groups is 1. The van der Waals surface area contributed by atoms with Crippen molar-refractivity contribution in [3.63, 3.8) is 0 Å². The Morgan fingerprint density at radius 3 is 2.74 bits per heavy atom. The molecule has 6 nitrogen and oxygen atoms in total. The van der Waals surface area contributed by atoms with Crippen molar-refractivity contribution in [1.29, 1.82) is 0 Å². The monoisotopic (exact) mass is 329 g/mol. The first-order valence-electron chi connectivity index (χ1n) is 7.16. The van der Waals surface area contributed by atoms with Crippen LogP contribution in [-0.2, 0) is 4.79 Å². The second-order valence-corrected chi connectivity index (χ2v) is 5.87. The van der Waals surface area contributed by atoms with E-state index in [1.807, 2.05) is 37.3 Å². The molecule has 2 heterocycles. The summed E-state index contributed by atoms with van der Waals surface area (Å²) in [4.78, 5) is 12.3. The molecule has 0 radical (unpaired) electrons. The molecular weight excluding hydrogens is 314 g/mol. The van der Waals surface area contributed by atoms with E-state index in [0.29, 0.717) is 23.3 Å². The third-order valence-corrected chi connectivity index (χ3v) is 4.28. The summed E-state index contributed by atoms with van der Waals surface area (Å²) in [6.07, 6.45) is 2.18. The Morgan fingerprint density at radius 1 is 1.22 bits per heavy atom. The molecule has 2 aromatic heterocycles. The second-order valence-electron chi connectivity index (χ2n) is 4.72. The summed E-state index contributed by atoms with van der Waals surface area (Å²) >= 11 is 1.24. The highest BCUT2D eigenvalue weighted by molar-refractivity contribution is 8.00. The standard InChI is InChI=1S/C16H15N3O3S/c1-2-13(14(20)17-11-7-4-3-5-8-11)23-16-19-18-15(22-16)12-9-6-10-21-12/h3-10,13H,2H2,1H3,(H,17,20). The summed E-state index contributed by atoms with van der Waals surface area (Å²) in [6.45, 7) is 1.94. The van der Waals surface area contributed by atoms with E-state index in [1.165, 1.54) is 18.0 Å². The number of hydrogen-bond acceptors (Lipinski definition) is 6.